The Morgan fingerprint density at radius 1 is 1.04 bits per heavy atom. The van der Waals surface area contributed by atoms with Gasteiger partial charge >= 0.3 is 0 Å². The van der Waals surface area contributed by atoms with E-state index < -0.39 is 11.8 Å². The molecular formula is C38H47IrN2O3S-. The number of rotatable bonds is 9. The Labute approximate surface area is 288 Å². The van der Waals surface area contributed by atoms with Crippen molar-refractivity contribution in [3.05, 3.63) is 70.6 Å². The molecule has 0 aliphatic carbocycles. The van der Waals surface area contributed by atoms with Gasteiger partial charge in [-0.2, -0.15) is 0 Å². The third kappa shape index (κ3) is 8.30. The first-order valence-electron chi connectivity index (χ1n) is 16.7. The molecule has 0 spiro atoms. The molecular weight excluding hydrogens is 757 g/mol. The summed E-state index contributed by atoms with van der Waals surface area (Å²) in [5.41, 5.74) is 3.74. The molecule has 0 fully saturated rings. The maximum atomic E-state index is 11.7. The van der Waals surface area contributed by atoms with E-state index in [2.05, 4.69) is 11.1 Å². The summed E-state index contributed by atoms with van der Waals surface area (Å²) in [5, 5.41) is 12.5. The molecule has 0 bridgehead atoms. The first kappa shape index (κ1) is 33.5. The number of fused-ring (bicyclic) bond motifs is 4. The van der Waals surface area contributed by atoms with Crippen LogP contribution in [0.25, 0.3) is 43.4 Å². The summed E-state index contributed by atoms with van der Waals surface area (Å²) in [6, 6.07) is 13.1. The van der Waals surface area contributed by atoms with E-state index in [1.807, 2.05) is 92.6 Å². The first-order valence-corrected chi connectivity index (χ1v) is 16.5. The zero-order valence-corrected chi connectivity index (χ0v) is 31.1. The van der Waals surface area contributed by atoms with Gasteiger partial charge in [-0.05, 0) is 80.5 Å². The van der Waals surface area contributed by atoms with Crippen molar-refractivity contribution < 1.29 is 37.2 Å². The molecule has 1 aromatic carbocycles. The van der Waals surface area contributed by atoms with E-state index in [9.17, 15) is 9.90 Å². The van der Waals surface area contributed by atoms with Gasteiger partial charge in [0.15, 0.2) is 5.78 Å². The molecule has 4 heterocycles. The molecule has 5 nitrogen and oxygen atoms in total. The first-order chi connectivity index (χ1) is 21.7. The molecule has 1 N–H and O–H groups in total. The number of aromatic nitrogens is 2. The number of aliphatic hydroxyl groups excluding tert-OH is 1. The number of hydrogen-bond acceptors (Lipinski definition) is 6. The second-order valence-corrected chi connectivity index (χ2v) is 13.7. The van der Waals surface area contributed by atoms with Crippen LogP contribution in [0.2, 0.25) is 0 Å². The molecule has 0 aliphatic heterocycles. The van der Waals surface area contributed by atoms with Gasteiger partial charge in [0.1, 0.15) is 0 Å². The largest absolute Gasteiger partial charge is 0.512 e. The van der Waals surface area contributed by atoms with Crippen molar-refractivity contribution in [2.45, 2.75) is 94.4 Å². The minimum absolute atomic E-state index is 0. The summed E-state index contributed by atoms with van der Waals surface area (Å²) in [7, 11) is 0. The fourth-order valence-electron chi connectivity index (χ4n) is 5.55. The smallest absolute Gasteiger partial charge is 0.216 e. The van der Waals surface area contributed by atoms with Crippen LogP contribution in [0.3, 0.4) is 0 Å². The Kier molecular flexibility index (Phi) is 11.6. The normalized spacial score (nSPS) is 13.2. The molecule has 0 unspecified atom stereocenters. The van der Waals surface area contributed by atoms with E-state index in [0.29, 0.717) is 22.6 Å². The molecule has 0 saturated heterocycles. The van der Waals surface area contributed by atoms with Crippen LogP contribution in [0.1, 0.15) is 93.0 Å². The molecule has 0 amide bonds. The van der Waals surface area contributed by atoms with Crippen LogP contribution < -0.4 is 0 Å². The number of furan rings is 1. The van der Waals surface area contributed by atoms with E-state index in [1.54, 1.807) is 17.5 Å². The van der Waals surface area contributed by atoms with Gasteiger partial charge in [0.25, 0.3) is 0 Å². The van der Waals surface area contributed by atoms with Crippen LogP contribution in [0.4, 0.5) is 0 Å². The van der Waals surface area contributed by atoms with Gasteiger partial charge < -0.3 is 14.5 Å². The van der Waals surface area contributed by atoms with Gasteiger partial charge in [0.2, 0.25) is 5.71 Å². The van der Waals surface area contributed by atoms with E-state index in [-0.39, 0.29) is 43.5 Å². The zero-order valence-electron chi connectivity index (χ0n) is 29.9. The van der Waals surface area contributed by atoms with E-state index in [4.69, 9.17) is 12.1 Å². The number of ketones is 1. The number of aryl methyl sites for hydroxylation is 2. The Balaban J connectivity index is 0.000000322. The monoisotopic (exact) mass is 806 g/mol. The average molecular weight is 806 g/mol. The van der Waals surface area contributed by atoms with Crippen molar-refractivity contribution in [2.24, 2.45) is 17.3 Å². The third-order valence-corrected chi connectivity index (χ3v) is 9.10. The number of nitrogens with zero attached hydrogens (tertiary/aromatic N) is 2. The van der Waals surface area contributed by atoms with E-state index >= 15 is 0 Å². The topological polar surface area (TPSA) is 76.2 Å². The molecule has 5 rings (SSSR count). The summed E-state index contributed by atoms with van der Waals surface area (Å²) in [4.78, 5) is 21.9. The number of carbonyl (C=O) groups excluding carboxylic acids is 1. The van der Waals surface area contributed by atoms with Crippen LogP contribution in [0.5, 0.6) is 0 Å². The summed E-state index contributed by atoms with van der Waals surface area (Å²) in [6.07, 6.45) is 5.15. The fraction of sp³-hybridized carbons (Fsp3) is 0.447. The third-order valence-electron chi connectivity index (χ3n) is 8.03. The van der Waals surface area contributed by atoms with Crippen LogP contribution in [0, 0.1) is 37.2 Å². The number of benzene rings is 1. The number of pyridine rings is 2. The minimum Gasteiger partial charge on any atom is -0.512 e. The minimum atomic E-state index is -1.53. The zero-order chi connectivity index (χ0) is 34.0. The number of carbonyl (C=O) groups is 1. The van der Waals surface area contributed by atoms with Crippen LogP contribution in [-0.2, 0) is 31.3 Å². The Bertz CT molecular complexity index is 1880. The van der Waals surface area contributed by atoms with E-state index in [1.165, 1.54) is 6.08 Å². The van der Waals surface area contributed by atoms with Crippen molar-refractivity contribution in [3.8, 4) is 11.3 Å². The standard InChI is InChI=1S/C25H23N2OS.C13H24O2.Ir/c1-14-9-10-17-16-7-6-8-18(23(16)28-24(17)27-14)22-21-19(13-25(3,4)5)15(2)29-20(21)11-12-26-22;1-5-10(6-2)12(14)9-13(15)11(7-3)8-4;/h6-7,9-12H,13H2,1-5H3;9-11,14H,5-8H2,1-4H3;/q-1;;/b;12-9-;/i13D2;;. The van der Waals surface area contributed by atoms with Crippen LogP contribution in [-0.4, -0.2) is 20.9 Å². The van der Waals surface area contributed by atoms with Crippen molar-refractivity contribution in [1.82, 2.24) is 9.97 Å². The molecule has 1 radical (unpaired) electrons. The van der Waals surface area contributed by atoms with Crippen molar-refractivity contribution in [2.75, 3.05) is 0 Å². The SMILES string of the molecule is CCC(CC)C(=O)/C=C(\O)C(CC)CC.[2H]C([2H])(c1c(C)sc2ccnc(-c3[c-]ccc4c3oc3nc(C)ccc34)c12)C(C)(C)C.[Ir]. The van der Waals surface area contributed by atoms with Gasteiger partial charge in [-0.1, -0.05) is 59.4 Å². The van der Waals surface area contributed by atoms with Gasteiger partial charge in [-0.25, -0.2) is 4.98 Å². The van der Waals surface area contributed by atoms with Crippen LogP contribution >= 0.6 is 11.3 Å². The number of thiophene rings is 1. The fourth-order valence-corrected chi connectivity index (χ4v) is 6.56. The molecule has 45 heavy (non-hydrogen) atoms. The molecule has 4 aromatic heterocycles. The average Bonchev–Trinajstić information content (AvgIpc) is 3.54. The molecule has 0 atom stereocenters. The van der Waals surface area contributed by atoms with Crippen molar-refractivity contribution >= 4 is 49.3 Å². The van der Waals surface area contributed by atoms with Crippen molar-refractivity contribution in [3.63, 3.8) is 0 Å². The maximum absolute atomic E-state index is 11.7. The number of hydrogen-bond donors (Lipinski definition) is 1. The van der Waals surface area contributed by atoms with Gasteiger partial charge in [0, 0.05) is 73.3 Å². The van der Waals surface area contributed by atoms with Gasteiger partial charge in [-0.15, -0.1) is 29.5 Å². The number of allylic oxidation sites excluding steroid dienone is 2. The Hall–Kier alpha value is -2.86. The molecule has 0 saturated carbocycles. The van der Waals surface area contributed by atoms with Gasteiger partial charge in [0.05, 0.1) is 11.3 Å². The van der Waals surface area contributed by atoms with E-state index in [0.717, 1.165) is 62.7 Å². The van der Waals surface area contributed by atoms with Crippen molar-refractivity contribution in [1.29, 1.82) is 0 Å². The predicted octanol–water partition coefficient (Wildman–Crippen LogP) is 11.1. The summed E-state index contributed by atoms with van der Waals surface area (Å²) < 4.78 is 25.2. The molecule has 5 aromatic rings. The molecule has 0 aliphatic rings. The number of aliphatic hydroxyl groups is 1. The molecule has 7 heteroatoms. The quantitative estimate of drug-likeness (QED) is 0.0912. The summed E-state index contributed by atoms with van der Waals surface area (Å²) in [5.74, 6) is 0.547. The van der Waals surface area contributed by atoms with Gasteiger partial charge in [-0.3, -0.25) is 4.79 Å². The molecule has 243 valence electrons. The second kappa shape index (κ2) is 15.6. The predicted molar refractivity (Wildman–Crippen MR) is 185 cm³/mol. The second-order valence-electron chi connectivity index (χ2n) is 12.4. The summed E-state index contributed by atoms with van der Waals surface area (Å²) >= 11 is 1.61. The Morgan fingerprint density at radius 2 is 1.71 bits per heavy atom. The Morgan fingerprint density at radius 3 is 2.33 bits per heavy atom. The summed E-state index contributed by atoms with van der Waals surface area (Å²) in [6.45, 7) is 17.8. The maximum Gasteiger partial charge on any atom is 0.216 e. The van der Waals surface area contributed by atoms with Crippen LogP contribution in [0.15, 0.2) is 52.8 Å².